The maximum absolute atomic E-state index is 13.2. The molecule has 164 valence electrons. The summed E-state index contributed by atoms with van der Waals surface area (Å²) in [4.78, 5) is -0.786. The van der Waals surface area contributed by atoms with E-state index in [0.29, 0.717) is 9.27 Å². The zero-order chi connectivity index (χ0) is 22.8. The Kier molecular flexibility index (Phi) is 6.11. The normalized spacial score (nSPS) is 12.2. The number of rotatable bonds is 7. The molecule has 0 aliphatic heterocycles. The van der Waals surface area contributed by atoms with Crippen LogP contribution in [0.2, 0.25) is 0 Å². The highest BCUT2D eigenvalue weighted by Crippen LogP contribution is 2.31. The molecule has 3 rings (SSSR count). The quantitative estimate of drug-likeness (QED) is 0.387. The maximum Gasteiger partial charge on any atom is 0.256 e. The molecule has 0 bridgehead atoms. The Labute approximate surface area is 179 Å². The molecule has 0 amide bonds. The van der Waals surface area contributed by atoms with Crippen LogP contribution < -0.4 is 0 Å². The van der Waals surface area contributed by atoms with Crippen LogP contribution in [0.15, 0.2) is 76.5 Å². The van der Waals surface area contributed by atoms with Gasteiger partial charge in [-0.2, -0.15) is 0 Å². The van der Waals surface area contributed by atoms with Crippen LogP contribution in [0.5, 0.6) is 23.0 Å². The molecule has 3 aromatic carbocycles. The van der Waals surface area contributed by atoms with Gasteiger partial charge in [0.25, 0.3) is 20.0 Å². The number of benzene rings is 3. The molecule has 0 spiro atoms. The molecule has 0 saturated carbocycles. The summed E-state index contributed by atoms with van der Waals surface area (Å²) in [6.07, 6.45) is -0.108. The van der Waals surface area contributed by atoms with Gasteiger partial charge in [0.1, 0.15) is 0 Å². The van der Waals surface area contributed by atoms with Crippen molar-refractivity contribution >= 4 is 20.0 Å². The Morgan fingerprint density at radius 2 is 1.16 bits per heavy atom. The summed E-state index contributed by atoms with van der Waals surface area (Å²) in [5.41, 5.74) is 0.382. The molecule has 31 heavy (non-hydrogen) atoms. The van der Waals surface area contributed by atoms with Crippen molar-refractivity contribution in [3.05, 3.63) is 72.3 Å². The summed E-state index contributed by atoms with van der Waals surface area (Å²) < 4.78 is 53.1. The summed E-state index contributed by atoms with van der Waals surface area (Å²) in [5, 5.41) is 38.2. The Hall–Kier alpha value is -3.28. The molecule has 0 atom stereocenters. The van der Waals surface area contributed by atoms with Crippen LogP contribution in [-0.2, 0) is 26.5 Å². The number of sulfonamides is 2. The Morgan fingerprint density at radius 3 is 1.74 bits per heavy atom. The minimum absolute atomic E-state index is 0.108. The fourth-order valence-corrected chi connectivity index (χ4v) is 6.49. The SMILES string of the molecule is O=S(=O)(c1ccccc1)N(CCc1ccc(O)c(O)c1)S(=O)(=O)c1ccc(O)c(O)c1. The van der Waals surface area contributed by atoms with Gasteiger partial charge in [-0.1, -0.05) is 28.0 Å². The fraction of sp³-hybridized carbons (Fsp3) is 0.100. The monoisotopic (exact) mass is 465 g/mol. The van der Waals surface area contributed by atoms with E-state index in [1.54, 1.807) is 6.07 Å². The fourth-order valence-electron chi connectivity index (χ4n) is 2.81. The van der Waals surface area contributed by atoms with E-state index in [4.69, 9.17) is 0 Å². The lowest BCUT2D eigenvalue weighted by molar-refractivity contribution is 0.402. The molecular formula is C20H19NO8S2. The molecule has 0 radical (unpaired) electrons. The standard InChI is InChI=1S/C20H19NO8S2/c22-17-8-6-14(12-19(17)24)10-11-21(30(26,27)15-4-2-1-3-5-15)31(28,29)16-7-9-18(23)20(25)13-16/h1-9,12-13,22-25H,10-11H2. The number of aromatic hydroxyl groups is 4. The van der Waals surface area contributed by atoms with Gasteiger partial charge in [-0.05, 0) is 48.4 Å². The second-order valence-electron chi connectivity index (χ2n) is 6.54. The van der Waals surface area contributed by atoms with Crippen LogP contribution in [-0.4, -0.2) is 47.5 Å². The molecule has 9 nitrogen and oxygen atoms in total. The average Bonchev–Trinajstić information content (AvgIpc) is 2.73. The number of nitrogens with zero attached hydrogens (tertiary/aromatic N) is 1. The zero-order valence-corrected chi connectivity index (χ0v) is 17.6. The van der Waals surface area contributed by atoms with E-state index in [2.05, 4.69) is 0 Å². The Morgan fingerprint density at radius 1 is 0.613 bits per heavy atom. The number of phenols is 4. The third-order valence-corrected chi connectivity index (χ3v) is 8.78. The van der Waals surface area contributed by atoms with Gasteiger partial charge in [-0.3, -0.25) is 0 Å². The van der Waals surface area contributed by atoms with Gasteiger partial charge < -0.3 is 20.4 Å². The van der Waals surface area contributed by atoms with Crippen molar-refractivity contribution in [2.75, 3.05) is 6.54 Å². The van der Waals surface area contributed by atoms with E-state index in [-0.39, 0.29) is 17.1 Å². The summed E-state index contributed by atoms with van der Waals surface area (Å²) >= 11 is 0. The van der Waals surface area contributed by atoms with Crippen molar-refractivity contribution in [1.29, 1.82) is 0 Å². The second-order valence-corrected chi connectivity index (χ2v) is 10.5. The highest BCUT2D eigenvalue weighted by atomic mass is 32.3. The Bertz CT molecular complexity index is 1310. The van der Waals surface area contributed by atoms with Crippen LogP contribution in [0, 0.1) is 0 Å². The molecule has 0 unspecified atom stereocenters. The molecular weight excluding hydrogens is 446 g/mol. The van der Waals surface area contributed by atoms with Gasteiger partial charge in [0.2, 0.25) is 0 Å². The number of hydrogen-bond acceptors (Lipinski definition) is 8. The van der Waals surface area contributed by atoms with E-state index in [0.717, 1.165) is 18.2 Å². The van der Waals surface area contributed by atoms with E-state index in [1.165, 1.54) is 42.5 Å². The van der Waals surface area contributed by atoms with Gasteiger partial charge in [0, 0.05) is 12.6 Å². The first-order chi connectivity index (χ1) is 14.5. The molecule has 0 saturated heterocycles. The van der Waals surface area contributed by atoms with Crippen molar-refractivity contribution in [2.45, 2.75) is 16.2 Å². The lowest BCUT2D eigenvalue weighted by atomic mass is 10.1. The van der Waals surface area contributed by atoms with Crippen LogP contribution in [0.1, 0.15) is 5.56 Å². The van der Waals surface area contributed by atoms with Crippen LogP contribution in [0.25, 0.3) is 0 Å². The third-order valence-electron chi connectivity index (χ3n) is 4.44. The molecule has 0 aliphatic rings. The first-order valence-corrected chi connectivity index (χ1v) is 11.8. The number of hydrogen-bond donors (Lipinski definition) is 4. The minimum atomic E-state index is -4.67. The molecule has 3 aromatic rings. The second kappa shape index (κ2) is 8.46. The Balaban J connectivity index is 2.07. The van der Waals surface area contributed by atoms with Gasteiger partial charge in [-0.15, -0.1) is 0 Å². The largest absolute Gasteiger partial charge is 0.504 e. The summed E-state index contributed by atoms with van der Waals surface area (Å²) in [7, 11) is -9.20. The van der Waals surface area contributed by atoms with Crippen LogP contribution in [0.3, 0.4) is 0 Å². The van der Waals surface area contributed by atoms with E-state index < -0.39 is 48.7 Å². The molecule has 0 aliphatic carbocycles. The predicted molar refractivity (Wildman–Crippen MR) is 111 cm³/mol. The highest BCUT2D eigenvalue weighted by molar-refractivity contribution is 8.04. The van der Waals surface area contributed by atoms with Gasteiger partial charge in [0.15, 0.2) is 23.0 Å². The van der Waals surface area contributed by atoms with Crippen LogP contribution in [0.4, 0.5) is 0 Å². The van der Waals surface area contributed by atoms with Crippen molar-refractivity contribution in [2.24, 2.45) is 0 Å². The van der Waals surface area contributed by atoms with Crippen LogP contribution >= 0.6 is 0 Å². The summed E-state index contributed by atoms with van der Waals surface area (Å²) in [6.45, 7) is -0.522. The first-order valence-electron chi connectivity index (χ1n) is 8.89. The van der Waals surface area contributed by atoms with Crippen molar-refractivity contribution in [3.8, 4) is 23.0 Å². The lowest BCUT2D eigenvalue weighted by Crippen LogP contribution is -2.38. The summed E-state index contributed by atoms with van der Waals surface area (Å²) in [6, 6.07) is 13.5. The molecule has 0 heterocycles. The van der Waals surface area contributed by atoms with E-state index in [9.17, 15) is 37.3 Å². The van der Waals surface area contributed by atoms with Gasteiger partial charge >= 0.3 is 0 Å². The first kappa shape index (κ1) is 22.4. The highest BCUT2D eigenvalue weighted by Gasteiger charge is 2.36. The van der Waals surface area contributed by atoms with Crippen molar-refractivity contribution in [3.63, 3.8) is 0 Å². The van der Waals surface area contributed by atoms with E-state index in [1.807, 2.05) is 0 Å². The predicted octanol–water partition coefficient (Wildman–Crippen LogP) is 2.13. The molecule has 11 heteroatoms. The van der Waals surface area contributed by atoms with Gasteiger partial charge in [0.05, 0.1) is 9.79 Å². The number of phenolic OH excluding ortho intramolecular Hbond substituents is 4. The van der Waals surface area contributed by atoms with Crippen molar-refractivity contribution < 1.29 is 37.3 Å². The smallest absolute Gasteiger partial charge is 0.256 e. The average molecular weight is 466 g/mol. The van der Waals surface area contributed by atoms with E-state index >= 15 is 0 Å². The lowest BCUT2D eigenvalue weighted by Gasteiger charge is -2.22. The molecule has 0 fully saturated rings. The maximum atomic E-state index is 13.2. The minimum Gasteiger partial charge on any atom is -0.504 e. The summed E-state index contributed by atoms with van der Waals surface area (Å²) in [5.74, 6) is -2.08. The topological polar surface area (TPSA) is 152 Å². The van der Waals surface area contributed by atoms with Gasteiger partial charge in [-0.25, -0.2) is 16.8 Å². The zero-order valence-electron chi connectivity index (χ0n) is 16.0. The van der Waals surface area contributed by atoms with Crippen molar-refractivity contribution in [1.82, 2.24) is 3.71 Å². The molecule has 4 N–H and O–H groups in total. The molecule has 0 aromatic heterocycles. The third kappa shape index (κ3) is 4.58.